The van der Waals surface area contributed by atoms with Gasteiger partial charge in [-0.2, -0.15) is 5.10 Å². The molecule has 3 nitrogen and oxygen atoms in total. The summed E-state index contributed by atoms with van der Waals surface area (Å²) in [6.07, 6.45) is 1.87. The van der Waals surface area contributed by atoms with E-state index in [-0.39, 0.29) is 0 Å². The number of aromatic nitrogens is 2. The molecule has 1 aromatic carbocycles. The molecule has 0 amide bonds. The van der Waals surface area contributed by atoms with Crippen LogP contribution in [0.3, 0.4) is 0 Å². The number of hydrogen-bond donors (Lipinski definition) is 1. The van der Waals surface area contributed by atoms with Crippen molar-refractivity contribution in [2.45, 2.75) is 6.54 Å². The minimum atomic E-state index is 0.611. The molecule has 0 saturated carbocycles. The van der Waals surface area contributed by atoms with Crippen LogP contribution in [-0.2, 0) is 6.54 Å². The summed E-state index contributed by atoms with van der Waals surface area (Å²) in [5.74, 6) is 0. The van der Waals surface area contributed by atoms with Crippen LogP contribution in [0.1, 0.15) is 5.69 Å². The number of hydrogen-bond acceptors (Lipinski definition) is 2. The Kier molecular flexibility index (Phi) is 4.09. The first-order valence-corrected chi connectivity index (χ1v) is 6.51. The van der Waals surface area contributed by atoms with Crippen molar-refractivity contribution in [2.24, 2.45) is 0 Å². The maximum Gasteiger partial charge on any atom is 0.0908 e. The zero-order chi connectivity index (χ0) is 12.4. The Morgan fingerprint density at radius 1 is 1.41 bits per heavy atom. The van der Waals surface area contributed by atoms with Crippen LogP contribution < -0.4 is 5.32 Å². The smallest absolute Gasteiger partial charge is 0.0908 e. The first kappa shape index (κ1) is 12.9. The molecule has 2 rings (SSSR count). The van der Waals surface area contributed by atoms with E-state index in [2.05, 4.69) is 26.3 Å². The van der Waals surface area contributed by atoms with E-state index in [1.54, 1.807) is 22.9 Å². The van der Waals surface area contributed by atoms with Gasteiger partial charge in [0.25, 0.3) is 0 Å². The second-order valence-corrected chi connectivity index (χ2v) is 5.19. The first-order valence-electron chi connectivity index (χ1n) is 4.96. The maximum absolute atomic E-state index is 6.12. The summed E-state index contributed by atoms with van der Waals surface area (Å²) in [6, 6.07) is 5.29. The van der Waals surface area contributed by atoms with Gasteiger partial charge in [-0.25, -0.2) is 4.68 Å². The summed E-state index contributed by atoms with van der Waals surface area (Å²) in [4.78, 5) is 0. The van der Waals surface area contributed by atoms with E-state index >= 15 is 0 Å². The second kappa shape index (κ2) is 5.40. The third-order valence-corrected chi connectivity index (χ3v) is 3.46. The van der Waals surface area contributed by atoms with Gasteiger partial charge in [-0.1, -0.05) is 23.2 Å². The monoisotopic (exact) mass is 333 g/mol. The Labute approximate surface area is 118 Å². The molecular formula is C11H10BrCl2N3. The molecule has 6 heteroatoms. The molecule has 0 bridgehead atoms. The molecule has 0 saturated heterocycles. The lowest BCUT2D eigenvalue weighted by atomic mass is 10.3. The lowest BCUT2D eigenvalue weighted by molar-refractivity contribution is 0.755. The third kappa shape index (κ3) is 2.83. The Morgan fingerprint density at radius 2 is 2.18 bits per heavy atom. The zero-order valence-electron chi connectivity index (χ0n) is 9.04. The van der Waals surface area contributed by atoms with Gasteiger partial charge in [0.1, 0.15) is 0 Å². The van der Waals surface area contributed by atoms with Gasteiger partial charge in [0.2, 0.25) is 0 Å². The Morgan fingerprint density at radius 3 is 2.88 bits per heavy atom. The van der Waals surface area contributed by atoms with Crippen molar-refractivity contribution in [2.75, 3.05) is 7.05 Å². The Bertz CT molecular complexity index is 540. The van der Waals surface area contributed by atoms with Crippen molar-refractivity contribution in [3.8, 4) is 5.69 Å². The average molecular weight is 335 g/mol. The van der Waals surface area contributed by atoms with Crippen molar-refractivity contribution in [3.63, 3.8) is 0 Å². The highest BCUT2D eigenvalue weighted by molar-refractivity contribution is 9.10. The second-order valence-electron chi connectivity index (χ2n) is 3.49. The normalized spacial score (nSPS) is 10.8. The summed E-state index contributed by atoms with van der Waals surface area (Å²) in [6.45, 7) is 0.686. The Balaban J connectivity index is 2.45. The molecule has 1 heterocycles. The number of nitrogens with zero attached hydrogens (tertiary/aromatic N) is 2. The lowest BCUT2D eigenvalue weighted by Gasteiger charge is -2.04. The molecule has 0 aliphatic heterocycles. The fourth-order valence-corrected chi connectivity index (χ4v) is 2.24. The van der Waals surface area contributed by atoms with E-state index in [9.17, 15) is 0 Å². The highest BCUT2D eigenvalue weighted by atomic mass is 79.9. The SMILES string of the molecule is CNCc1nn(-c2cc(Cl)ccc2Cl)cc1Br. The van der Waals surface area contributed by atoms with Crippen molar-refractivity contribution in [3.05, 3.63) is 44.6 Å². The van der Waals surface area contributed by atoms with Gasteiger partial charge in [0.05, 0.1) is 20.9 Å². The lowest BCUT2D eigenvalue weighted by Crippen LogP contribution is -2.07. The van der Waals surface area contributed by atoms with E-state index in [0.29, 0.717) is 16.6 Å². The molecule has 90 valence electrons. The van der Waals surface area contributed by atoms with E-state index in [0.717, 1.165) is 15.9 Å². The zero-order valence-corrected chi connectivity index (χ0v) is 12.1. The minimum Gasteiger partial charge on any atom is -0.314 e. The van der Waals surface area contributed by atoms with Crippen molar-refractivity contribution < 1.29 is 0 Å². The molecule has 0 unspecified atom stereocenters. The van der Waals surface area contributed by atoms with Crippen LogP contribution in [0.5, 0.6) is 0 Å². The van der Waals surface area contributed by atoms with Gasteiger partial charge in [-0.3, -0.25) is 0 Å². The molecule has 0 spiro atoms. The van der Waals surface area contributed by atoms with Gasteiger partial charge < -0.3 is 5.32 Å². The highest BCUT2D eigenvalue weighted by Crippen LogP contribution is 2.26. The molecule has 1 aromatic heterocycles. The van der Waals surface area contributed by atoms with Crippen molar-refractivity contribution >= 4 is 39.1 Å². The fourth-order valence-electron chi connectivity index (χ4n) is 1.46. The molecule has 1 N–H and O–H groups in total. The molecule has 0 atom stereocenters. The summed E-state index contributed by atoms with van der Waals surface area (Å²) < 4.78 is 2.65. The van der Waals surface area contributed by atoms with Crippen LogP contribution in [0.4, 0.5) is 0 Å². The number of nitrogens with one attached hydrogen (secondary N) is 1. The quantitative estimate of drug-likeness (QED) is 0.928. The highest BCUT2D eigenvalue weighted by Gasteiger charge is 2.09. The molecule has 0 fully saturated rings. The van der Waals surface area contributed by atoms with Crippen molar-refractivity contribution in [1.29, 1.82) is 0 Å². The molecule has 0 aliphatic rings. The van der Waals surface area contributed by atoms with E-state index in [4.69, 9.17) is 23.2 Å². The van der Waals surface area contributed by atoms with Crippen LogP contribution in [-0.4, -0.2) is 16.8 Å². The van der Waals surface area contributed by atoms with Gasteiger partial charge in [-0.05, 0) is 41.2 Å². The van der Waals surface area contributed by atoms with Crippen LogP contribution in [0.2, 0.25) is 10.0 Å². The first-order chi connectivity index (χ1) is 8.11. The van der Waals surface area contributed by atoms with Crippen LogP contribution in [0, 0.1) is 0 Å². The van der Waals surface area contributed by atoms with E-state index in [1.807, 2.05) is 13.2 Å². The third-order valence-electron chi connectivity index (χ3n) is 2.24. The van der Waals surface area contributed by atoms with Crippen LogP contribution >= 0.6 is 39.1 Å². The number of benzene rings is 1. The van der Waals surface area contributed by atoms with Crippen molar-refractivity contribution in [1.82, 2.24) is 15.1 Å². The van der Waals surface area contributed by atoms with Crippen LogP contribution in [0.15, 0.2) is 28.9 Å². The summed E-state index contributed by atoms with van der Waals surface area (Å²) in [7, 11) is 1.87. The summed E-state index contributed by atoms with van der Waals surface area (Å²) >= 11 is 15.5. The average Bonchev–Trinajstić information content (AvgIpc) is 2.64. The number of rotatable bonds is 3. The van der Waals surface area contributed by atoms with Gasteiger partial charge >= 0.3 is 0 Å². The number of halogens is 3. The fraction of sp³-hybridized carbons (Fsp3) is 0.182. The summed E-state index contributed by atoms with van der Waals surface area (Å²) in [5, 5.41) is 8.73. The van der Waals surface area contributed by atoms with E-state index < -0.39 is 0 Å². The standard InChI is InChI=1S/C11H10BrCl2N3/c1-15-5-10-8(12)6-17(16-10)11-4-7(13)2-3-9(11)14/h2-4,6,15H,5H2,1H3. The van der Waals surface area contributed by atoms with Gasteiger partial charge in [0.15, 0.2) is 0 Å². The molecule has 0 radical (unpaired) electrons. The van der Waals surface area contributed by atoms with E-state index in [1.165, 1.54) is 0 Å². The summed E-state index contributed by atoms with van der Waals surface area (Å²) in [5.41, 5.74) is 1.69. The van der Waals surface area contributed by atoms with Crippen LogP contribution in [0.25, 0.3) is 5.69 Å². The molecule has 17 heavy (non-hydrogen) atoms. The topological polar surface area (TPSA) is 29.9 Å². The molecular weight excluding hydrogens is 325 g/mol. The van der Waals surface area contributed by atoms with Gasteiger partial charge in [0, 0.05) is 17.8 Å². The minimum absolute atomic E-state index is 0.611. The predicted molar refractivity (Wildman–Crippen MR) is 74.0 cm³/mol. The largest absolute Gasteiger partial charge is 0.314 e. The van der Waals surface area contributed by atoms with Gasteiger partial charge in [-0.15, -0.1) is 0 Å². The molecule has 2 aromatic rings. The Hall–Kier alpha value is -0.550. The maximum atomic E-state index is 6.12. The molecule has 0 aliphatic carbocycles. The predicted octanol–water partition coefficient (Wildman–Crippen LogP) is 3.66.